The maximum absolute atomic E-state index is 12.7. The van der Waals surface area contributed by atoms with Gasteiger partial charge in [0.15, 0.2) is 0 Å². The van der Waals surface area contributed by atoms with Crippen LogP contribution in [0, 0.1) is 5.82 Å². The van der Waals surface area contributed by atoms with Gasteiger partial charge in [-0.2, -0.15) is 0 Å². The third kappa shape index (κ3) is 2.70. The van der Waals surface area contributed by atoms with Crippen LogP contribution in [0.4, 0.5) is 4.39 Å². The summed E-state index contributed by atoms with van der Waals surface area (Å²) in [6.45, 7) is 2.66. The molecule has 14 heavy (non-hydrogen) atoms. The summed E-state index contributed by atoms with van der Waals surface area (Å²) >= 11 is 5.80. The molecule has 2 N–H and O–H groups in total. The lowest BCUT2D eigenvalue weighted by atomic mass is 10.2. The standard InChI is InChI=1S/C10H12ClFN2/c1-2-5-14-10(13)8-4-3-7(12)6-9(8)11/h3-4,6H,2,5H2,1H3,(H2,13,14). The Hall–Kier alpha value is -1.09. The highest BCUT2D eigenvalue weighted by molar-refractivity contribution is 6.34. The molecule has 0 aliphatic carbocycles. The first-order valence-electron chi connectivity index (χ1n) is 4.40. The first-order chi connectivity index (χ1) is 6.65. The maximum atomic E-state index is 12.7. The zero-order valence-electron chi connectivity index (χ0n) is 7.93. The minimum atomic E-state index is -0.373. The van der Waals surface area contributed by atoms with Gasteiger partial charge in [0.2, 0.25) is 0 Å². The van der Waals surface area contributed by atoms with Crippen LogP contribution in [0.25, 0.3) is 0 Å². The lowest BCUT2D eigenvalue weighted by Gasteiger charge is -2.03. The minimum Gasteiger partial charge on any atom is -0.383 e. The van der Waals surface area contributed by atoms with Gasteiger partial charge in [-0.15, -0.1) is 0 Å². The first-order valence-corrected chi connectivity index (χ1v) is 4.78. The topological polar surface area (TPSA) is 38.4 Å². The molecule has 0 fully saturated rings. The lowest BCUT2D eigenvalue weighted by Crippen LogP contribution is -2.14. The Bertz CT molecular complexity index is 350. The Labute approximate surface area is 87.6 Å². The fraction of sp³-hybridized carbons (Fsp3) is 0.300. The lowest BCUT2D eigenvalue weighted by molar-refractivity contribution is 0.628. The van der Waals surface area contributed by atoms with Crippen molar-refractivity contribution >= 4 is 17.4 Å². The molecule has 0 saturated carbocycles. The second-order valence-corrected chi connectivity index (χ2v) is 3.30. The maximum Gasteiger partial charge on any atom is 0.127 e. The van der Waals surface area contributed by atoms with E-state index in [-0.39, 0.29) is 5.82 Å². The molecule has 2 nitrogen and oxygen atoms in total. The summed E-state index contributed by atoms with van der Waals surface area (Å²) in [6.07, 6.45) is 0.916. The van der Waals surface area contributed by atoms with Crippen molar-refractivity contribution in [1.29, 1.82) is 0 Å². The third-order valence-corrected chi connectivity index (χ3v) is 2.03. The van der Waals surface area contributed by atoms with Crippen LogP contribution in [0.5, 0.6) is 0 Å². The predicted molar refractivity (Wildman–Crippen MR) is 57.3 cm³/mol. The number of hydrogen-bond acceptors (Lipinski definition) is 1. The number of nitrogens with two attached hydrogens (primary N) is 1. The van der Waals surface area contributed by atoms with E-state index in [4.69, 9.17) is 17.3 Å². The highest BCUT2D eigenvalue weighted by Crippen LogP contribution is 2.16. The van der Waals surface area contributed by atoms with Crippen LogP contribution in [-0.4, -0.2) is 12.4 Å². The number of aliphatic imine (C=N–C) groups is 1. The fourth-order valence-corrected chi connectivity index (χ4v) is 1.28. The molecule has 0 amide bonds. The van der Waals surface area contributed by atoms with Gasteiger partial charge in [-0.05, 0) is 24.6 Å². The molecule has 1 aromatic rings. The molecule has 76 valence electrons. The molecule has 1 rings (SSSR count). The van der Waals surface area contributed by atoms with Gasteiger partial charge in [-0.1, -0.05) is 18.5 Å². The van der Waals surface area contributed by atoms with Crippen LogP contribution in [0.2, 0.25) is 5.02 Å². The van der Waals surface area contributed by atoms with Crippen molar-refractivity contribution in [2.45, 2.75) is 13.3 Å². The first kappa shape index (κ1) is 11.0. The van der Waals surface area contributed by atoms with E-state index in [1.54, 1.807) is 0 Å². The van der Waals surface area contributed by atoms with E-state index in [9.17, 15) is 4.39 Å². The summed E-state index contributed by atoms with van der Waals surface area (Å²) in [5, 5.41) is 0.294. The molecular formula is C10H12ClFN2. The number of amidine groups is 1. The molecule has 0 aliphatic rings. The van der Waals surface area contributed by atoms with E-state index < -0.39 is 0 Å². The zero-order valence-corrected chi connectivity index (χ0v) is 8.68. The van der Waals surface area contributed by atoms with Crippen LogP contribution >= 0.6 is 11.6 Å². The van der Waals surface area contributed by atoms with Gasteiger partial charge in [0.1, 0.15) is 11.7 Å². The molecule has 0 saturated heterocycles. The second-order valence-electron chi connectivity index (χ2n) is 2.89. The van der Waals surface area contributed by atoms with Crippen molar-refractivity contribution in [3.8, 4) is 0 Å². The Morgan fingerprint density at radius 1 is 1.57 bits per heavy atom. The number of rotatable bonds is 3. The average molecular weight is 215 g/mol. The van der Waals surface area contributed by atoms with Gasteiger partial charge in [0.25, 0.3) is 0 Å². The Balaban J connectivity index is 2.95. The van der Waals surface area contributed by atoms with E-state index >= 15 is 0 Å². The predicted octanol–water partition coefficient (Wildman–Crippen LogP) is 2.59. The molecular weight excluding hydrogens is 203 g/mol. The van der Waals surface area contributed by atoms with Gasteiger partial charge in [0, 0.05) is 12.1 Å². The van der Waals surface area contributed by atoms with Gasteiger partial charge in [-0.3, -0.25) is 4.99 Å². The molecule has 1 aromatic carbocycles. The van der Waals surface area contributed by atoms with Crippen LogP contribution < -0.4 is 5.73 Å². The molecule has 0 atom stereocenters. The molecule has 0 aliphatic heterocycles. The van der Waals surface area contributed by atoms with E-state index in [1.807, 2.05) is 6.92 Å². The minimum absolute atomic E-state index is 0.294. The summed E-state index contributed by atoms with van der Waals surface area (Å²) in [4.78, 5) is 4.09. The van der Waals surface area contributed by atoms with Gasteiger partial charge < -0.3 is 5.73 Å². The normalized spacial score (nSPS) is 11.8. The van der Waals surface area contributed by atoms with Crippen molar-refractivity contribution in [3.63, 3.8) is 0 Å². The van der Waals surface area contributed by atoms with Crippen molar-refractivity contribution < 1.29 is 4.39 Å². The van der Waals surface area contributed by atoms with Crippen molar-refractivity contribution in [2.75, 3.05) is 6.54 Å². The van der Waals surface area contributed by atoms with Crippen molar-refractivity contribution in [1.82, 2.24) is 0 Å². The van der Waals surface area contributed by atoms with Crippen LogP contribution in [0.3, 0.4) is 0 Å². The molecule has 0 heterocycles. The molecule has 4 heteroatoms. The fourth-order valence-electron chi connectivity index (χ4n) is 1.01. The summed E-state index contributed by atoms with van der Waals surface area (Å²) < 4.78 is 12.7. The number of nitrogens with zero attached hydrogens (tertiary/aromatic N) is 1. The Kier molecular flexibility index (Phi) is 3.89. The van der Waals surface area contributed by atoms with Crippen LogP contribution in [0.15, 0.2) is 23.2 Å². The molecule has 0 bridgehead atoms. The number of hydrogen-bond donors (Lipinski definition) is 1. The second kappa shape index (κ2) is 4.96. The highest BCUT2D eigenvalue weighted by atomic mass is 35.5. The smallest absolute Gasteiger partial charge is 0.127 e. The highest BCUT2D eigenvalue weighted by Gasteiger charge is 2.04. The third-order valence-electron chi connectivity index (χ3n) is 1.71. The van der Waals surface area contributed by atoms with Gasteiger partial charge in [0.05, 0.1) is 5.02 Å². The van der Waals surface area contributed by atoms with E-state index in [1.165, 1.54) is 18.2 Å². The van der Waals surface area contributed by atoms with Gasteiger partial charge >= 0.3 is 0 Å². The summed E-state index contributed by atoms with van der Waals surface area (Å²) in [5.41, 5.74) is 6.26. The monoisotopic (exact) mass is 214 g/mol. The molecule has 0 radical (unpaired) electrons. The van der Waals surface area contributed by atoms with Crippen LogP contribution in [0.1, 0.15) is 18.9 Å². The SMILES string of the molecule is CCCN=C(N)c1ccc(F)cc1Cl. The summed E-state index contributed by atoms with van der Waals surface area (Å²) in [7, 11) is 0. The number of benzene rings is 1. The molecule has 0 aromatic heterocycles. The molecule has 0 spiro atoms. The molecule has 0 unspecified atom stereocenters. The summed E-state index contributed by atoms with van der Waals surface area (Å²) in [5.74, 6) is -0.0149. The number of halogens is 2. The van der Waals surface area contributed by atoms with Crippen molar-refractivity contribution in [3.05, 3.63) is 34.6 Å². The average Bonchev–Trinajstić information content (AvgIpc) is 2.14. The van der Waals surface area contributed by atoms with Gasteiger partial charge in [-0.25, -0.2) is 4.39 Å². The zero-order chi connectivity index (χ0) is 10.6. The quantitative estimate of drug-likeness (QED) is 0.610. The largest absolute Gasteiger partial charge is 0.383 e. The summed E-state index contributed by atoms with van der Waals surface area (Å²) in [6, 6.07) is 4.08. The van der Waals surface area contributed by atoms with E-state index in [0.29, 0.717) is 23.0 Å². The van der Waals surface area contributed by atoms with E-state index in [2.05, 4.69) is 4.99 Å². The van der Waals surface area contributed by atoms with Crippen molar-refractivity contribution in [2.24, 2.45) is 10.7 Å². The Morgan fingerprint density at radius 3 is 2.86 bits per heavy atom. The Morgan fingerprint density at radius 2 is 2.29 bits per heavy atom. The van der Waals surface area contributed by atoms with Crippen LogP contribution in [-0.2, 0) is 0 Å². The van der Waals surface area contributed by atoms with E-state index in [0.717, 1.165) is 6.42 Å².